The molecule has 2 heterocycles. The molecule has 126 valence electrons. The molecule has 0 saturated carbocycles. The monoisotopic (exact) mass is 337 g/mol. The molecule has 4 atom stereocenters. The number of fused-ring (bicyclic) bond motifs is 1. The van der Waals surface area contributed by atoms with Crippen LogP contribution in [-0.2, 0) is 14.2 Å². The van der Waals surface area contributed by atoms with E-state index in [1.807, 2.05) is 38.4 Å². The van der Waals surface area contributed by atoms with E-state index in [0.29, 0.717) is 18.3 Å². The first kappa shape index (κ1) is 16.4. The zero-order chi connectivity index (χ0) is 16.4. The van der Waals surface area contributed by atoms with Crippen LogP contribution in [0.25, 0.3) is 0 Å². The lowest BCUT2D eigenvalue weighted by Gasteiger charge is -2.20. The van der Waals surface area contributed by atoms with Crippen LogP contribution < -0.4 is 15.5 Å². The van der Waals surface area contributed by atoms with Crippen molar-refractivity contribution in [2.24, 2.45) is 0 Å². The average molecular weight is 337 g/mol. The molecule has 3 rings (SSSR count). The Hall–Kier alpha value is -1.41. The Balaban J connectivity index is 1.54. The molecule has 23 heavy (non-hydrogen) atoms. The molecule has 0 aliphatic carbocycles. The summed E-state index contributed by atoms with van der Waals surface area (Å²) in [6.07, 6.45) is -0.0256. The van der Waals surface area contributed by atoms with E-state index >= 15 is 0 Å². The van der Waals surface area contributed by atoms with Crippen molar-refractivity contribution >= 4 is 28.7 Å². The molecule has 0 aromatic heterocycles. The molecule has 6 nitrogen and oxygen atoms in total. The number of thiocarbonyl (C=S) groups is 1. The molecule has 2 fully saturated rings. The van der Waals surface area contributed by atoms with Gasteiger partial charge in [-0.25, -0.2) is 0 Å². The van der Waals surface area contributed by atoms with E-state index in [9.17, 15) is 0 Å². The Bertz CT molecular complexity index is 552. The number of rotatable bonds is 4. The van der Waals surface area contributed by atoms with Gasteiger partial charge in [-0.15, -0.1) is 0 Å². The number of anilines is 2. The van der Waals surface area contributed by atoms with Gasteiger partial charge in [0, 0.05) is 32.6 Å². The van der Waals surface area contributed by atoms with E-state index < -0.39 is 0 Å². The van der Waals surface area contributed by atoms with Crippen molar-refractivity contribution in [2.45, 2.75) is 24.4 Å². The maximum absolute atomic E-state index is 5.78. The van der Waals surface area contributed by atoms with Crippen LogP contribution in [-0.4, -0.2) is 63.9 Å². The van der Waals surface area contributed by atoms with Gasteiger partial charge < -0.3 is 29.7 Å². The minimum absolute atomic E-state index is 0.00640. The standard InChI is InChI=1S/C16H23N3O3S/c1-19(2)11-6-4-10(5-7-11)17-16(23)18-12-8-21-15-13(20-3)9-22-14(12)15/h4-7,12-15H,8-9H2,1-3H3,(H2,17,18,23)/t12-,13+,14+,15+/m0/s1. The number of methoxy groups -OCH3 is 1. The third-order valence-electron chi connectivity index (χ3n) is 4.27. The zero-order valence-electron chi connectivity index (χ0n) is 13.6. The Kier molecular flexibility index (Phi) is 5.01. The lowest BCUT2D eigenvalue weighted by molar-refractivity contribution is -0.00798. The Morgan fingerprint density at radius 3 is 2.52 bits per heavy atom. The predicted molar refractivity (Wildman–Crippen MR) is 94.2 cm³/mol. The quantitative estimate of drug-likeness (QED) is 0.801. The van der Waals surface area contributed by atoms with Gasteiger partial charge in [0.2, 0.25) is 0 Å². The van der Waals surface area contributed by atoms with Crippen molar-refractivity contribution < 1.29 is 14.2 Å². The highest BCUT2D eigenvalue weighted by Gasteiger charge is 2.48. The van der Waals surface area contributed by atoms with Gasteiger partial charge in [0.1, 0.15) is 18.3 Å². The maximum atomic E-state index is 5.78. The van der Waals surface area contributed by atoms with Crippen LogP contribution in [0.5, 0.6) is 0 Å². The summed E-state index contributed by atoms with van der Waals surface area (Å²) < 4.78 is 16.9. The lowest BCUT2D eigenvalue weighted by Crippen LogP contribution is -2.45. The van der Waals surface area contributed by atoms with Gasteiger partial charge in [0.15, 0.2) is 5.11 Å². The van der Waals surface area contributed by atoms with Crippen LogP contribution in [0.3, 0.4) is 0 Å². The van der Waals surface area contributed by atoms with Crippen molar-refractivity contribution in [1.82, 2.24) is 5.32 Å². The summed E-state index contributed by atoms with van der Waals surface area (Å²) in [7, 11) is 5.71. The number of nitrogens with zero attached hydrogens (tertiary/aromatic N) is 1. The van der Waals surface area contributed by atoms with Gasteiger partial charge in [-0.05, 0) is 36.5 Å². The first-order valence-corrected chi connectivity index (χ1v) is 8.10. The van der Waals surface area contributed by atoms with Gasteiger partial charge >= 0.3 is 0 Å². The van der Waals surface area contributed by atoms with Crippen LogP contribution in [0, 0.1) is 0 Å². The molecule has 0 amide bonds. The maximum Gasteiger partial charge on any atom is 0.171 e. The molecule has 0 unspecified atom stereocenters. The van der Waals surface area contributed by atoms with Gasteiger partial charge in [-0.2, -0.15) is 0 Å². The highest BCUT2D eigenvalue weighted by molar-refractivity contribution is 7.80. The molecule has 1 aromatic rings. The van der Waals surface area contributed by atoms with E-state index in [4.69, 9.17) is 26.4 Å². The van der Waals surface area contributed by atoms with E-state index in [1.165, 1.54) is 0 Å². The number of nitrogens with one attached hydrogen (secondary N) is 2. The molecule has 2 saturated heterocycles. The van der Waals surface area contributed by atoms with E-state index in [1.54, 1.807) is 7.11 Å². The average Bonchev–Trinajstić information content (AvgIpc) is 3.10. The summed E-state index contributed by atoms with van der Waals surface area (Å²) in [5.41, 5.74) is 2.09. The lowest BCUT2D eigenvalue weighted by atomic mass is 10.1. The van der Waals surface area contributed by atoms with Crippen LogP contribution in [0.15, 0.2) is 24.3 Å². The minimum Gasteiger partial charge on any atom is -0.378 e. The summed E-state index contributed by atoms with van der Waals surface area (Å²) in [5.74, 6) is 0. The molecule has 7 heteroatoms. The second-order valence-electron chi connectivity index (χ2n) is 6.02. The van der Waals surface area contributed by atoms with Crippen LogP contribution >= 0.6 is 12.2 Å². The summed E-state index contributed by atoms with van der Waals surface area (Å²) in [6, 6.07) is 8.14. The fourth-order valence-corrected chi connectivity index (χ4v) is 3.24. The zero-order valence-corrected chi connectivity index (χ0v) is 14.4. The van der Waals surface area contributed by atoms with Crippen LogP contribution in [0.1, 0.15) is 0 Å². The highest BCUT2D eigenvalue weighted by atomic mass is 32.1. The summed E-state index contributed by atoms with van der Waals surface area (Å²) in [6.45, 7) is 1.13. The van der Waals surface area contributed by atoms with E-state index in [-0.39, 0.29) is 24.4 Å². The molecule has 1 aromatic carbocycles. The highest BCUT2D eigenvalue weighted by Crippen LogP contribution is 2.28. The molecule has 2 aliphatic heterocycles. The summed E-state index contributed by atoms with van der Waals surface area (Å²) in [5, 5.41) is 7.06. The number of hydrogen-bond acceptors (Lipinski definition) is 5. The second kappa shape index (κ2) is 7.00. The molecule has 0 bridgehead atoms. The van der Waals surface area contributed by atoms with Gasteiger partial charge in [-0.3, -0.25) is 0 Å². The van der Waals surface area contributed by atoms with E-state index in [0.717, 1.165) is 11.4 Å². The van der Waals surface area contributed by atoms with Crippen molar-refractivity contribution in [2.75, 3.05) is 44.6 Å². The first-order chi connectivity index (χ1) is 11.1. The molecular weight excluding hydrogens is 314 g/mol. The van der Waals surface area contributed by atoms with Crippen LogP contribution in [0.2, 0.25) is 0 Å². The van der Waals surface area contributed by atoms with Gasteiger partial charge in [-0.1, -0.05) is 0 Å². The fourth-order valence-electron chi connectivity index (χ4n) is 2.97. The van der Waals surface area contributed by atoms with Crippen molar-refractivity contribution in [3.8, 4) is 0 Å². The van der Waals surface area contributed by atoms with Crippen molar-refractivity contribution in [3.63, 3.8) is 0 Å². The van der Waals surface area contributed by atoms with Gasteiger partial charge in [0.25, 0.3) is 0 Å². The molecule has 2 N–H and O–H groups in total. The first-order valence-electron chi connectivity index (χ1n) is 7.69. The summed E-state index contributed by atoms with van der Waals surface area (Å²) in [4.78, 5) is 2.06. The molecule has 0 radical (unpaired) electrons. The fraction of sp³-hybridized carbons (Fsp3) is 0.562. The SMILES string of the molecule is CO[C@@H]1CO[C@H]2[C@@H]1OC[C@@H]2NC(=S)Nc1ccc(N(C)C)cc1. The molecule has 2 aliphatic rings. The Morgan fingerprint density at radius 1 is 1.17 bits per heavy atom. The Morgan fingerprint density at radius 2 is 1.87 bits per heavy atom. The third kappa shape index (κ3) is 3.58. The number of ether oxygens (including phenoxy) is 3. The number of hydrogen-bond donors (Lipinski definition) is 2. The van der Waals surface area contributed by atoms with Crippen molar-refractivity contribution in [1.29, 1.82) is 0 Å². The minimum atomic E-state index is -0.0178. The normalized spacial score (nSPS) is 29.2. The topological polar surface area (TPSA) is 55.0 Å². The smallest absolute Gasteiger partial charge is 0.171 e. The third-order valence-corrected chi connectivity index (χ3v) is 4.49. The summed E-state index contributed by atoms with van der Waals surface area (Å²) >= 11 is 5.40. The Labute approximate surface area is 142 Å². The molecule has 0 spiro atoms. The number of benzene rings is 1. The predicted octanol–water partition coefficient (Wildman–Crippen LogP) is 1.22. The van der Waals surface area contributed by atoms with E-state index in [2.05, 4.69) is 15.5 Å². The van der Waals surface area contributed by atoms with Gasteiger partial charge in [0.05, 0.1) is 19.3 Å². The van der Waals surface area contributed by atoms with Crippen LogP contribution in [0.4, 0.5) is 11.4 Å². The molecular formula is C16H23N3O3S. The second-order valence-corrected chi connectivity index (χ2v) is 6.42. The largest absolute Gasteiger partial charge is 0.378 e. The van der Waals surface area contributed by atoms with Crippen molar-refractivity contribution in [3.05, 3.63) is 24.3 Å².